The zero-order valence-corrected chi connectivity index (χ0v) is 16.7. The van der Waals surface area contributed by atoms with Crippen molar-refractivity contribution in [3.05, 3.63) is 58.3 Å². The molecule has 0 radical (unpaired) electrons. The molecule has 0 aliphatic rings. The van der Waals surface area contributed by atoms with Crippen LogP contribution in [0, 0.1) is 5.82 Å². The lowest BCUT2D eigenvalue weighted by atomic mass is 10.2. The number of benzene rings is 2. The lowest BCUT2D eigenvalue weighted by Crippen LogP contribution is -2.26. The predicted molar refractivity (Wildman–Crippen MR) is 104 cm³/mol. The maximum absolute atomic E-state index is 12.9. The van der Waals surface area contributed by atoms with Gasteiger partial charge < -0.3 is 9.64 Å². The SMILES string of the molecule is COc1ccc(Br)cc1CN(C)C(=O)CCCSc1ccc(F)cc1. The minimum Gasteiger partial charge on any atom is -0.496 e. The van der Waals surface area contributed by atoms with Gasteiger partial charge in [0.15, 0.2) is 0 Å². The van der Waals surface area contributed by atoms with Crippen molar-refractivity contribution in [2.24, 2.45) is 0 Å². The minimum atomic E-state index is -0.232. The van der Waals surface area contributed by atoms with E-state index in [1.807, 2.05) is 18.2 Å². The van der Waals surface area contributed by atoms with Crippen LogP contribution in [0.5, 0.6) is 5.75 Å². The van der Waals surface area contributed by atoms with Gasteiger partial charge in [0.05, 0.1) is 7.11 Å². The van der Waals surface area contributed by atoms with E-state index in [0.717, 1.165) is 32.9 Å². The van der Waals surface area contributed by atoms with Gasteiger partial charge in [-0.3, -0.25) is 4.79 Å². The van der Waals surface area contributed by atoms with Gasteiger partial charge in [0.25, 0.3) is 0 Å². The van der Waals surface area contributed by atoms with Crippen LogP contribution in [0.3, 0.4) is 0 Å². The molecule has 0 spiro atoms. The molecule has 0 saturated carbocycles. The number of methoxy groups -OCH3 is 1. The normalized spacial score (nSPS) is 10.6. The van der Waals surface area contributed by atoms with E-state index < -0.39 is 0 Å². The Morgan fingerprint density at radius 2 is 1.96 bits per heavy atom. The highest BCUT2D eigenvalue weighted by Crippen LogP contribution is 2.24. The summed E-state index contributed by atoms with van der Waals surface area (Å²) in [6, 6.07) is 12.2. The summed E-state index contributed by atoms with van der Waals surface area (Å²) >= 11 is 5.08. The van der Waals surface area contributed by atoms with E-state index in [1.54, 1.807) is 43.0 Å². The van der Waals surface area contributed by atoms with Crippen molar-refractivity contribution in [2.45, 2.75) is 24.3 Å². The Morgan fingerprint density at radius 1 is 1.24 bits per heavy atom. The maximum atomic E-state index is 12.9. The lowest BCUT2D eigenvalue weighted by Gasteiger charge is -2.19. The first-order valence-corrected chi connectivity index (χ1v) is 9.72. The molecule has 0 saturated heterocycles. The number of carbonyl (C=O) groups is 1. The van der Waals surface area contributed by atoms with Gasteiger partial charge in [-0.1, -0.05) is 15.9 Å². The second kappa shape index (κ2) is 9.82. The summed E-state index contributed by atoms with van der Waals surface area (Å²) in [5.41, 5.74) is 0.966. The molecule has 0 fully saturated rings. The van der Waals surface area contributed by atoms with Crippen molar-refractivity contribution in [3.8, 4) is 5.75 Å². The first-order valence-electron chi connectivity index (χ1n) is 7.94. The largest absolute Gasteiger partial charge is 0.496 e. The number of carbonyl (C=O) groups excluding carboxylic acids is 1. The van der Waals surface area contributed by atoms with E-state index in [9.17, 15) is 9.18 Å². The molecule has 3 nitrogen and oxygen atoms in total. The quantitative estimate of drug-likeness (QED) is 0.433. The molecule has 0 heterocycles. The van der Waals surface area contributed by atoms with Crippen LogP contribution in [-0.4, -0.2) is 30.7 Å². The topological polar surface area (TPSA) is 29.5 Å². The van der Waals surface area contributed by atoms with E-state index in [1.165, 1.54) is 12.1 Å². The van der Waals surface area contributed by atoms with Crippen molar-refractivity contribution in [1.82, 2.24) is 4.90 Å². The Kier molecular flexibility index (Phi) is 7.78. The van der Waals surface area contributed by atoms with Crippen LogP contribution in [0.4, 0.5) is 4.39 Å². The minimum absolute atomic E-state index is 0.0988. The number of rotatable bonds is 8. The van der Waals surface area contributed by atoms with Gasteiger partial charge in [-0.25, -0.2) is 4.39 Å². The van der Waals surface area contributed by atoms with Crippen LogP contribution in [0.2, 0.25) is 0 Å². The van der Waals surface area contributed by atoms with E-state index in [-0.39, 0.29) is 11.7 Å². The Hall–Kier alpha value is -1.53. The third-order valence-electron chi connectivity index (χ3n) is 3.69. The molecule has 2 aromatic carbocycles. The molecular weight excluding hydrogens is 405 g/mol. The number of halogens is 2. The highest BCUT2D eigenvalue weighted by atomic mass is 79.9. The summed E-state index contributed by atoms with van der Waals surface area (Å²) in [5, 5.41) is 0. The fraction of sp³-hybridized carbons (Fsp3) is 0.316. The number of nitrogens with zero attached hydrogens (tertiary/aromatic N) is 1. The standard InChI is InChI=1S/C19H21BrFNO2S/c1-22(13-14-12-15(20)5-10-18(14)24-2)19(23)4-3-11-25-17-8-6-16(21)7-9-17/h5-10,12H,3-4,11,13H2,1-2H3. The Bertz CT molecular complexity index is 709. The summed E-state index contributed by atoms with van der Waals surface area (Å²) in [4.78, 5) is 15.0. The molecule has 2 rings (SSSR count). The van der Waals surface area contributed by atoms with Gasteiger partial charge in [0.1, 0.15) is 11.6 Å². The molecule has 0 bridgehead atoms. The summed E-state index contributed by atoms with van der Waals surface area (Å²) in [7, 11) is 3.43. The molecule has 6 heteroatoms. The number of hydrogen-bond acceptors (Lipinski definition) is 3. The lowest BCUT2D eigenvalue weighted by molar-refractivity contribution is -0.130. The molecule has 0 aromatic heterocycles. The summed E-state index contributed by atoms with van der Waals surface area (Å²) in [6.07, 6.45) is 1.27. The van der Waals surface area contributed by atoms with Crippen LogP contribution in [0.15, 0.2) is 51.8 Å². The molecule has 0 atom stereocenters. The van der Waals surface area contributed by atoms with Crippen molar-refractivity contribution in [3.63, 3.8) is 0 Å². The third-order valence-corrected chi connectivity index (χ3v) is 5.28. The summed E-state index contributed by atoms with van der Waals surface area (Å²) in [5.74, 6) is 1.46. The smallest absolute Gasteiger partial charge is 0.222 e. The van der Waals surface area contributed by atoms with Crippen molar-refractivity contribution < 1.29 is 13.9 Å². The van der Waals surface area contributed by atoms with Gasteiger partial charge in [-0.15, -0.1) is 11.8 Å². The predicted octanol–water partition coefficient (Wildman–Crippen LogP) is 5.13. The molecule has 134 valence electrons. The monoisotopic (exact) mass is 425 g/mol. The number of hydrogen-bond donors (Lipinski definition) is 0. The van der Waals surface area contributed by atoms with Gasteiger partial charge in [0, 0.05) is 34.9 Å². The van der Waals surface area contributed by atoms with Crippen LogP contribution >= 0.6 is 27.7 Å². The number of ether oxygens (including phenoxy) is 1. The number of amides is 1. The summed E-state index contributed by atoms with van der Waals surface area (Å²) in [6.45, 7) is 0.506. The second-order valence-electron chi connectivity index (χ2n) is 5.61. The first kappa shape index (κ1) is 19.8. The van der Waals surface area contributed by atoms with Crippen LogP contribution in [0.25, 0.3) is 0 Å². The van der Waals surface area contributed by atoms with Crippen LogP contribution in [-0.2, 0) is 11.3 Å². The van der Waals surface area contributed by atoms with E-state index in [0.29, 0.717) is 13.0 Å². The molecule has 0 N–H and O–H groups in total. The molecule has 0 aliphatic heterocycles. The van der Waals surface area contributed by atoms with Gasteiger partial charge in [-0.2, -0.15) is 0 Å². The zero-order valence-electron chi connectivity index (χ0n) is 14.3. The van der Waals surface area contributed by atoms with Gasteiger partial charge >= 0.3 is 0 Å². The van der Waals surface area contributed by atoms with Crippen molar-refractivity contribution in [1.29, 1.82) is 0 Å². The maximum Gasteiger partial charge on any atom is 0.222 e. The average Bonchev–Trinajstić information content (AvgIpc) is 2.60. The highest BCUT2D eigenvalue weighted by Gasteiger charge is 2.12. The fourth-order valence-electron chi connectivity index (χ4n) is 2.35. The van der Waals surface area contributed by atoms with E-state index in [2.05, 4.69) is 15.9 Å². The Balaban J connectivity index is 1.78. The fourth-order valence-corrected chi connectivity index (χ4v) is 3.61. The Labute approximate surface area is 160 Å². The van der Waals surface area contributed by atoms with Gasteiger partial charge in [0.2, 0.25) is 5.91 Å². The average molecular weight is 426 g/mol. The van der Waals surface area contributed by atoms with E-state index in [4.69, 9.17) is 4.74 Å². The van der Waals surface area contributed by atoms with Crippen molar-refractivity contribution in [2.75, 3.05) is 19.9 Å². The highest BCUT2D eigenvalue weighted by molar-refractivity contribution is 9.10. The molecule has 0 aliphatic carbocycles. The third kappa shape index (κ3) is 6.36. The van der Waals surface area contributed by atoms with Crippen LogP contribution in [0.1, 0.15) is 18.4 Å². The molecule has 1 amide bonds. The van der Waals surface area contributed by atoms with Crippen LogP contribution < -0.4 is 4.74 Å². The molecular formula is C19H21BrFNO2S. The second-order valence-corrected chi connectivity index (χ2v) is 7.70. The molecule has 25 heavy (non-hydrogen) atoms. The summed E-state index contributed by atoms with van der Waals surface area (Å²) < 4.78 is 19.2. The van der Waals surface area contributed by atoms with Gasteiger partial charge in [-0.05, 0) is 54.6 Å². The first-order chi connectivity index (χ1) is 12.0. The van der Waals surface area contributed by atoms with E-state index >= 15 is 0 Å². The van der Waals surface area contributed by atoms with Crippen molar-refractivity contribution >= 4 is 33.6 Å². The zero-order chi connectivity index (χ0) is 18.2. The molecule has 0 unspecified atom stereocenters. The Morgan fingerprint density at radius 3 is 2.64 bits per heavy atom. The molecule has 2 aromatic rings. The number of thioether (sulfide) groups is 1.